The lowest BCUT2D eigenvalue weighted by molar-refractivity contribution is 0.269. The Morgan fingerprint density at radius 1 is 0.838 bits per heavy atom. The molecule has 0 aliphatic rings. The summed E-state index contributed by atoms with van der Waals surface area (Å²) >= 11 is 14.6. The van der Waals surface area contributed by atoms with Crippen LogP contribution < -0.4 is 14.8 Å². The molecule has 1 aromatic heterocycles. The number of fused-ring (bicyclic) bond motifs is 1. The Kier molecular flexibility index (Phi) is 7.85. The second-order valence-corrected chi connectivity index (χ2v) is 10.5. The Balaban J connectivity index is 1.27. The smallest absolute Gasteiger partial charge is 0.163 e. The number of hydrogen-bond acceptors (Lipinski definition) is 5. The number of rotatable bonds is 9. The minimum absolute atomic E-state index is 0.328. The van der Waals surface area contributed by atoms with Crippen LogP contribution in [0.2, 0.25) is 10.0 Å². The summed E-state index contributed by atoms with van der Waals surface area (Å²) < 4.78 is 13.1. The molecule has 0 aliphatic heterocycles. The Hall–Kier alpha value is -3.25. The number of nitrogens with zero attached hydrogens (tertiary/aromatic N) is 1. The van der Waals surface area contributed by atoms with Gasteiger partial charge in [0.15, 0.2) is 11.5 Å². The maximum absolute atomic E-state index is 6.63. The first-order valence-corrected chi connectivity index (χ1v) is 13.6. The molecule has 0 fully saturated rings. The van der Waals surface area contributed by atoms with Crippen LogP contribution in [0.4, 0.5) is 5.69 Å². The summed E-state index contributed by atoms with van der Waals surface area (Å²) in [5, 5.41) is 5.74. The van der Waals surface area contributed by atoms with Crippen LogP contribution in [-0.4, -0.2) is 11.6 Å². The molecule has 5 aromatic rings. The highest BCUT2D eigenvalue weighted by atomic mass is 35.5. The molecular weight excluding hydrogens is 523 g/mol. The van der Waals surface area contributed by atoms with Gasteiger partial charge in [-0.05, 0) is 73.5 Å². The maximum Gasteiger partial charge on any atom is 0.163 e. The number of aryl methyl sites for hydroxylation is 1. The molecule has 0 amide bonds. The van der Waals surface area contributed by atoms with Gasteiger partial charge in [0.05, 0.1) is 16.8 Å². The fraction of sp³-hybridized carbons (Fsp3) is 0.167. The molecule has 0 saturated heterocycles. The van der Waals surface area contributed by atoms with Crippen LogP contribution in [0.5, 0.6) is 11.5 Å². The highest BCUT2D eigenvalue weighted by Gasteiger charge is 2.13. The van der Waals surface area contributed by atoms with Gasteiger partial charge in [-0.3, -0.25) is 0 Å². The van der Waals surface area contributed by atoms with Crippen molar-refractivity contribution in [3.63, 3.8) is 0 Å². The van der Waals surface area contributed by atoms with Crippen molar-refractivity contribution < 1.29 is 9.47 Å². The SMILES string of the molecule is CCOc1cc(CNc2ccc(-c3nc4ccc(C)cc4s3)cc2)c(Cl)cc1OCc1ccccc1Cl. The van der Waals surface area contributed by atoms with Crippen molar-refractivity contribution in [2.45, 2.75) is 27.0 Å². The molecule has 0 bridgehead atoms. The minimum Gasteiger partial charge on any atom is -0.490 e. The average molecular weight is 550 g/mol. The van der Waals surface area contributed by atoms with Gasteiger partial charge in [-0.1, -0.05) is 47.5 Å². The highest BCUT2D eigenvalue weighted by Crippen LogP contribution is 2.35. The van der Waals surface area contributed by atoms with Gasteiger partial charge in [-0.15, -0.1) is 11.3 Å². The second kappa shape index (κ2) is 11.4. The topological polar surface area (TPSA) is 43.4 Å². The lowest BCUT2D eigenvalue weighted by Gasteiger charge is -2.16. The van der Waals surface area contributed by atoms with Gasteiger partial charge >= 0.3 is 0 Å². The quantitative estimate of drug-likeness (QED) is 0.199. The van der Waals surface area contributed by atoms with Crippen molar-refractivity contribution in [2.24, 2.45) is 0 Å². The summed E-state index contributed by atoms with van der Waals surface area (Å²) in [5.41, 5.74) is 6.19. The van der Waals surface area contributed by atoms with Crippen molar-refractivity contribution in [2.75, 3.05) is 11.9 Å². The molecule has 5 rings (SSSR count). The predicted octanol–water partition coefficient (Wildman–Crippen LogP) is 9.17. The molecule has 0 unspecified atom stereocenters. The Morgan fingerprint density at radius 3 is 2.41 bits per heavy atom. The second-order valence-electron chi connectivity index (χ2n) is 8.62. The zero-order chi connectivity index (χ0) is 25.8. The van der Waals surface area contributed by atoms with Crippen molar-refractivity contribution in [1.82, 2.24) is 4.98 Å². The molecule has 188 valence electrons. The van der Waals surface area contributed by atoms with Crippen molar-refractivity contribution in [3.8, 4) is 22.1 Å². The number of aromatic nitrogens is 1. The van der Waals surface area contributed by atoms with Gasteiger partial charge in [0.2, 0.25) is 0 Å². The number of ether oxygens (including phenoxy) is 2. The van der Waals surface area contributed by atoms with Crippen molar-refractivity contribution >= 4 is 50.4 Å². The maximum atomic E-state index is 6.63. The summed E-state index contributed by atoms with van der Waals surface area (Å²) in [7, 11) is 0. The molecule has 4 nitrogen and oxygen atoms in total. The van der Waals surface area contributed by atoms with Gasteiger partial charge in [0.25, 0.3) is 0 Å². The standard InChI is InChI=1S/C30H26Cl2N2O2S/c1-3-35-27-15-22(25(32)16-28(27)36-18-21-6-4-5-7-24(21)31)17-33-23-11-9-20(10-12-23)30-34-26-13-8-19(2)14-29(26)37-30/h4-16,33H,3,17-18H2,1-2H3. The minimum atomic E-state index is 0.328. The van der Waals surface area contributed by atoms with E-state index >= 15 is 0 Å². The third-order valence-electron chi connectivity index (χ3n) is 5.91. The fourth-order valence-corrected chi connectivity index (χ4v) is 5.43. The van der Waals surface area contributed by atoms with E-state index in [0.29, 0.717) is 41.3 Å². The van der Waals surface area contributed by atoms with E-state index in [4.69, 9.17) is 37.7 Å². The van der Waals surface area contributed by atoms with Crippen LogP contribution in [0.1, 0.15) is 23.6 Å². The molecule has 0 spiro atoms. The summed E-state index contributed by atoms with van der Waals surface area (Å²) in [6, 6.07) is 26.0. The molecule has 4 aromatic carbocycles. The summed E-state index contributed by atoms with van der Waals surface area (Å²) in [4.78, 5) is 4.78. The van der Waals surface area contributed by atoms with E-state index in [1.165, 1.54) is 10.3 Å². The first-order valence-electron chi connectivity index (χ1n) is 12.0. The lowest BCUT2D eigenvalue weighted by atomic mass is 10.1. The number of hydrogen-bond donors (Lipinski definition) is 1. The summed E-state index contributed by atoms with van der Waals surface area (Å²) in [5.74, 6) is 1.24. The first kappa shape index (κ1) is 25.4. The van der Waals surface area contributed by atoms with Crippen LogP contribution in [0, 0.1) is 6.92 Å². The highest BCUT2D eigenvalue weighted by molar-refractivity contribution is 7.21. The van der Waals surface area contributed by atoms with Crippen LogP contribution >= 0.6 is 34.5 Å². The predicted molar refractivity (Wildman–Crippen MR) is 156 cm³/mol. The number of halogens is 2. The van der Waals surface area contributed by atoms with Gasteiger partial charge in [-0.25, -0.2) is 4.98 Å². The van der Waals surface area contributed by atoms with Crippen molar-refractivity contribution in [1.29, 1.82) is 0 Å². The largest absolute Gasteiger partial charge is 0.490 e. The van der Waals surface area contributed by atoms with E-state index in [-0.39, 0.29) is 0 Å². The molecule has 7 heteroatoms. The molecular formula is C30H26Cl2N2O2S. The average Bonchev–Trinajstić information content (AvgIpc) is 3.32. The Labute approximate surface area is 230 Å². The lowest BCUT2D eigenvalue weighted by Crippen LogP contribution is -2.04. The zero-order valence-electron chi connectivity index (χ0n) is 20.6. The van der Waals surface area contributed by atoms with E-state index in [1.54, 1.807) is 17.4 Å². The molecule has 1 heterocycles. The summed E-state index contributed by atoms with van der Waals surface area (Å²) in [6.45, 7) is 5.43. The third-order valence-corrected chi connectivity index (χ3v) is 7.70. The van der Waals surface area contributed by atoms with Crippen LogP contribution in [0.3, 0.4) is 0 Å². The number of nitrogens with one attached hydrogen (secondary N) is 1. The molecule has 0 radical (unpaired) electrons. The van der Waals surface area contributed by atoms with E-state index in [9.17, 15) is 0 Å². The molecule has 0 aliphatic carbocycles. The van der Waals surface area contributed by atoms with Gasteiger partial charge in [-0.2, -0.15) is 0 Å². The van der Waals surface area contributed by atoms with E-state index in [2.05, 4.69) is 54.7 Å². The van der Waals surface area contributed by atoms with E-state index in [0.717, 1.165) is 32.9 Å². The van der Waals surface area contributed by atoms with Crippen LogP contribution in [0.25, 0.3) is 20.8 Å². The molecule has 0 saturated carbocycles. The first-order chi connectivity index (χ1) is 18.0. The van der Waals surface area contributed by atoms with Crippen LogP contribution in [-0.2, 0) is 13.2 Å². The number of benzene rings is 4. The van der Waals surface area contributed by atoms with E-state index < -0.39 is 0 Å². The van der Waals surface area contributed by atoms with E-state index in [1.807, 2.05) is 37.3 Å². The number of thiazole rings is 1. The molecule has 0 atom stereocenters. The van der Waals surface area contributed by atoms with Crippen LogP contribution in [0.15, 0.2) is 78.9 Å². The Morgan fingerprint density at radius 2 is 1.62 bits per heavy atom. The third kappa shape index (κ3) is 6.02. The normalized spacial score (nSPS) is 11.0. The van der Waals surface area contributed by atoms with Gasteiger partial charge in [0.1, 0.15) is 11.6 Å². The zero-order valence-corrected chi connectivity index (χ0v) is 22.9. The van der Waals surface area contributed by atoms with Gasteiger partial charge < -0.3 is 14.8 Å². The summed E-state index contributed by atoms with van der Waals surface area (Å²) in [6.07, 6.45) is 0. The number of anilines is 1. The molecule has 1 N–H and O–H groups in total. The monoisotopic (exact) mass is 548 g/mol. The van der Waals surface area contributed by atoms with Crippen molar-refractivity contribution in [3.05, 3.63) is 106 Å². The fourth-order valence-electron chi connectivity index (χ4n) is 3.95. The Bertz CT molecular complexity index is 1530. The van der Waals surface area contributed by atoms with Gasteiger partial charge in [0, 0.05) is 39.5 Å². The molecule has 37 heavy (non-hydrogen) atoms.